The maximum absolute atomic E-state index is 12.1. The molecule has 0 aliphatic rings. The third kappa shape index (κ3) is 7.83. The van der Waals surface area contributed by atoms with E-state index in [0.717, 1.165) is 6.42 Å². The summed E-state index contributed by atoms with van der Waals surface area (Å²) < 4.78 is 11.1. The van der Waals surface area contributed by atoms with E-state index in [9.17, 15) is 9.59 Å². The first-order chi connectivity index (χ1) is 13.9. The highest BCUT2D eigenvalue weighted by atomic mass is 35.5. The number of carbonyl (C=O) groups excluding carboxylic acids is 2. The minimum absolute atomic E-state index is 0.180. The van der Waals surface area contributed by atoms with Crippen molar-refractivity contribution in [2.75, 3.05) is 6.61 Å². The quantitative estimate of drug-likeness (QED) is 0.451. The molecule has 0 saturated carbocycles. The first kappa shape index (κ1) is 22.8. The number of carbonyl (C=O) groups is 2. The van der Waals surface area contributed by atoms with Crippen molar-refractivity contribution in [3.8, 4) is 11.5 Å². The van der Waals surface area contributed by atoms with Crippen molar-refractivity contribution in [3.05, 3.63) is 58.1 Å². The molecule has 1 atom stereocenters. The van der Waals surface area contributed by atoms with Gasteiger partial charge in [-0.05, 0) is 55.7 Å². The molecular weight excluding hydrogens is 415 g/mol. The molecule has 0 saturated heterocycles. The molecule has 1 unspecified atom stereocenters. The molecule has 0 aromatic heterocycles. The number of nitrogens with one attached hydrogen (secondary N) is 2. The van der Waals surface area contributed by atoms with Crippen molar-refractivity contribution in [3.63, 3.8) is 0 Å². The van der Waals surface area contributed by atoms with Crippen LogP contribution >= 0.6 is 23.2 Å². The standard InChI is InChI=1S/C21H24Cl2N2O4/c1-3-15-6-9-17(10-7-15)29-14(2)21(27)25-24-20(26)5-4-12-28-19-11-8-16(22)13-18(19)23/h6-11,13-14H,3-5,12H2,1-2H3,(H,24,26)(H,25,27). The predicted octanol–water partition coefficient (Wildman–Crippen LogP) is 4.33. The number of hydrogen-bond donors (Lipinski definition) is 2. The second kappa shape index (κ2) is 11.5. The van der Waals surface area contributed by atoms with E-state index in [1.165, 1.54) is 5.56 Å². The summed E-state index contributed by atoms with van der Waals surface area (Å²) in [6, 6.07) is 12.4. The Labute approximate surface area is 180 Å². The van der Waals surface area contributed by atoms with E-state index < -0.39 is 12.0 Å². The van der Waals surface area contributed by atoms with Gasteiger partial charge >= 0.3 is 0 Å². The lowest BCUT2D eigenvalue weighted by molar-refractivity contribution is -0.132. The number of ether oxygens (including phenoxy) is 2. The third-order valence-electron chi connectivity index (χ3n) is 4.04. The number of halogens is 2. The number of amides is 2. The lowest BCUT2D eigenvalue weighted by Gasteiger charge is -2.15. The van der Waals surface area contributed by atoms with Crippen molar-refractivity contribution in [2.24, 2.45) is 0 Å². The summed E-state index contributed by atoms with van der Waals surface area (Å²) in [5, 5.41) is 0.932. The van der Waals surface area contributed by atoms with Crippen LogP contribution in [0, 0.1) is 0 Å². The lowest BCUT2D eigenvalue weighted by atomic mass is 10.2. The zero-order valence-electron chi connectivity index (χ0n) is 16.3. The van der Waals surface area contributed by atoms with Crippen LogP contribution in [-0.4, -0.2) is 24.5 Å². The van der Waals surface area contributed by atoms with Gasteiger partial charge in [0.05, 0.1) is 11.6 Å². The van der Waals surface area contributed by atoms with Crippen molar-refractivity contribution in [1.29, 1.82) is 0 Å². The van der Waals surface area contributed by atoms with Crippen molar-refractivity contribution < 1.29 is 19.1 Å². The van der Waals surface area contributed by atoms with Crippen molar-refractivity contribution >= 4 is 35.0 Å². The van der Waals surface area contributed by atoms with Gasteiger partial charge in [-0.3, -0.25) is 20.4 Å². The van der Waals surface area contributed by atoms with Gasteiger partial charge in [-0.1, -0.05) is 42.3 Å². The number of benzene rings is 2. The molecular formula is C21H24Cl2N2O4. The zero-order chi connectivity index (χ0) is 21.2. The van der Waals surface area contributed by atoms with Crippen LogP contribution in [0.2, 0.25) is 10.0 Å². The van der Waals surface area contributed by atoms with Gasteiger partial charge in [0.1, 0.15) is 11.5 Å². The molecule has 0 aliphatic heterocycles. The Morgan fingerprint density at radius 2 is 1.79 bits per heavy atom. The highest BCUT2D eigenvalue weighted by molar-refractivity contribution is 6.35. The Kier molecular flexibility index (Phi) is 9.09. The van der Waals surface area contributed by atoms with Gasteiger partial charge in [0.15, 0.2) is 6.10 Å². The van der Waals surface area contributed by atoms with E-state index in [1.54, 1.807) is 25.1 Å². The molecule has 0 spiro atoms. The average Bonchev–Trinajstić information content (AvgIpc) is 2.71. The van der Waals surface area contributed by atoms with E-state index in [-0.39, 0.29) is 12.3 Å². The van der Waals surface area contributed by atoms with Gasteiger partial charge in [0.2, 0.25) is 5.91 Å². The number of rotatable bonds is 9. The molecule has 2 aromatic rings. The topological polar surface area (TPSA) is 76.7 Å². The van der Waals surface area contributed by atoms with Crippen molar-refractivity contribution in [1.82, 2.24) is 10.9 Å². The molecule has 2 rings (SSSR count). The summed E-state index contributed by atoms with van der Waals surface area (Å²) in [5.74, 6) is 0.322. The number of aryl methyl sites for hydroxylation is 1. The fourth-order valence-electron chi connectivity index (χ4n) is 2.36. The van der Waals surface area contributed by atoms with E-state index in [1.807, 2.05) is 24.3 Å². The highest BCUT2D eigenvalue weighted by Gasteiger charge is 2.15. The first-order valence-corrected chi connectivity index (χ1v) is 10.1. The van der Waals surface area contributed by atoms with Gasteiger partial charge in [0.25, 0.3) is 5.91 Å². The van der Waals surface area contributed by atoms with Crippen LogP contribution in [0.5, 0.6) is 11.5 Å². The molecule has 2 amide bonds. The predicted molar refractivity (Wildman–Crippen MR) is 113 cm³/mol. The summed E-state index contributed by atoms with van der Waals surface area (Å²) >= 11 is 11.8. The Morgan fingerprint density at radius 3 is 2.45 bits per heavy atom. The summed E-state index contributed by atoms with van der Waals surface area (Å²) in [5.41, 5.74) is 5.91. The van der Waals surface area contributed by atoms with Gasteiger partial charge in [0, 0.05) is 11.4 Å². The van der Waals surface area contributed by atoms with Gasteiger partial charge in [-0.25, -0.2) is 0 Å². The monoisotopic (exact) mass is 438 g/mol. The van der Waals surface area contributed by atoms with E-state index in [4.69, 9.17) is 32.7 Å². The van der Waals surface area contributed by atoms with Gasteiger partial charge in [-0.15, -0.1) is 0 Å². The molecule has 8 heteroatoms. The van der Waals surface area contributed by atoms with Crippen LogP contribution in [0.1, 0.15) is 32.3 Å². The highest BCUT2D eigenvalue weighted by Crippen LogP contribution is 2.27. The van der Waals surface area contributed by atoms with E-state index in [2.05, 4.69) is 17.8 Å². The van der Waals surface area contributed by atoms with Crippen LogP contribution in [0.3, 0.4) is 0 Å². The minimum atomic E-state index is -0.752. The normalized spacial score (nSPS) is 11.4. The average molecular weight is 439 g/mol. The zero-order valence-corrected chi connectivity index (χ0v) is 17.8. The molecule has 0 fully saturated rings. The van der Waals surface area contributed by atoms with Crippen LogP contribution in [0.25, 0.3) is 0 Å². The molecule has 6 nitrogen and oxygen atoms in total. The van der Waals surface area contributed by atoms with Crippen LogP contribution in [0.15, 0.2) is 42.5 Å². The largest absolute Gasteiger partial charge is 0.492 e. The Hall–Kier alpha value is -2.44. The fraction of sp³-hybridized carbons (Fsp3) is 0.333. The Morgan fingerprint density at radius 1 is 1.07 bits per heavy atom. The number of hydrogen-bond acceptors (Lipinski definition) is 4. The Balaban J connectivity index is 1.65. The molecule has 0 heterocycles. The molecule has 29 heavy (non-hydrogen) atoms. The second-order valence-corrected chi connectivity index (χ2v) is 7.17. The first-order valence-electron chi connectivity index (χ1n) is 9.31. The van der Waals surface area contributed by atoms with E-state index >= 15 is 0 Å². The molecule has 2 aromatic carbocycles. The van der Waals surface area contributed by atoms with Crippen LogP contribution < -0.4 is 20.3 Å². The molecule has 156 valence electrons. The molecule has 0 bridgehead atoms. The fourth-order valence-corrected chi connectivity index (χ4v) is 2.83. The third-order valence-corrected chi connectivity index (χ3v) is 4.57. The molecule has 0 aliphatic carbocycles. The maximum Gasteiger partial charge on any atom is 0.279 e. The minimum Gasteiger partial charge on any atom is -0.492 e. The number of hydrazine groups is 1. The smallest absolute Gasteiger partial charge is 0.279 e. The van der Waals surface area contributed by atoms with Crippen LogP contribution in [0.4, 0.5) is 0 Å². The summed E-state index contributed by atoms with van der Waals surface area (Å²) in [4.78, 5) is 23.9. The maximum atomic E-state index is 12.1. The summed E-state index contributed by atoms with van der Waals surface area (Å²) in [6.45, 7) is 3.97. The Bertz CT molecular complexity index is 828. The van der Waals surface area contributed by atoms with Crippen molar-refractivity contribution in [2.45, 2.75) is 39.2 Å². The van der Waals surface area contributed by atoms with Crippen LogP contribution in [-0.2, 0) is 16.0 Å². The summed E-state index contributed by atoms with van der Waals surface area (Å²) in [6.07, 6.45) is 0.814. The SMILES string of the molecule is CCc1ccc(OC(C)C(=O)NNC(=O)CCCOc2ccc(Cl)cc2Cl)cc1. The van der Waals surface area contributed by atoms with Gasteiger partial charge in [-0.2, -0.15) is 0 Å². The molecule has 2 N–H and O–H groups in total. The lowest BCUT2D eigenvalue weighted by Crippen LogP contribution is -2.47. The van der Waals surface area contributed by atoms with E-state index in [0.29, 0.717) is 34.6 Å². The van der Waals surface area contributed by atoms with Gasteiger partial charge < -0.3 is 9.47 Å². The second-order valence-electron chi connectivity index (χ2n) is 6.32. The summed E-state index contributed by atoms with van der Waals surface area (Å²) in [7, 11) is 0. The molecule has 0 radical (unpaired) electrons.